The summed E-state index contributed by atoms with van der Waals surface area (Å²) in [5.41, 5.74) is 0.160. The molecule has 0 aliphatic carbocycles. The summed E-state index contributed by atoms with van der Waals surface area (Å²) in [5, 5.41) is 8.88. The van der Waals surface area contributed by atoms with Crippen molar-refractivity contribution < 1.29 is 13.9 Å². The Morgan fingerprint density at radius 1 is 1.50 bits per heavy atom. The predicted octanol–water partition coefficient (Wildman–Crippen LogP) is 2.78. The molecule has 0 spiro atoms. The van der Waals surface area contributed by atoms with Crippen molar-refractivity contribution in [1.82, 2.24) is 0 Å². The summed E-state index contributed by atoms with van der Waals surface area (Å²) in [7, 11) is 0. The van der Waals surface area contributed by atoms with Crippen LogP contribution in [0.3, 0.4) is 0 Å². The van der Waals surface area contributed by atoms with Gasteiger partial charge >= 0.3 is 0 Å². The van der Waals surface area contributed by atoms with Gasteiger partial charge in [-0.25, -0.2) is 8.78 Å². The molecule has 3 heteroatoms. The summed E-state index contributed by atoms with van der Waals surface area (Å²) in [6, 6.07) is 2.39. The van der Waals surface area contributed by atoms with E-state index in [1.54, 1.807) is 0 Å². The molecule has 0 unspecified atom stereocenters. The minimum atomic E-state index is -0.800. The van der Waals surface area contributed by atoms with Crippen molar-refractivity contribution in [3.8, 4) is 5.75 Å². The first-order chi connectivity index (χ1) is 5.54. The zero-order chi connectivity index (χ0) is 9.30. The van der Waals surface area contributed by atoms with Gasteiger partial charge in [-0.2, -0.15) is 0 Å². The molecule has 64 valence electrons. The highest BCUT2D eigenvalue weighted by atomic mass is 19.1. The van der Waals surface area contributed by atoms with Crippen LogP contribution < -0.4 is 0 Å². The van der Waals surface area contributed by atoms with Crippen molar-refractivity contribution in [3.63, 3.8) is 0 Å². The molecule has 0 heterocycles. The molecule has 0 atom stereocenters. The summed E-state index contributed by atoms with van der Waals surface area (Å²) in [6.07, 6.45) is 0. The molecule has 0 aliphatic rings. The van der Waals surface area contributed by atoms with Crippen LogP contribution in [-0.2, 0) is 0 Å². The van der Waals surface area contributed by atoms with Crippen molar-refractivity contribution in [2.24, 2.45) is 0 Å². The third kappa shape index (κ3) is 1.30. The summed E-state index contributed by atoms with van der Waals surface area (Å²) in [4.78, 5) is 0. The van der Waals surface area contributed by atoms with Gasteiger partial charge in [-0.15, -0.1) is 0 Å². The zero-order valence-electron chi connectivity index (χ0n) is 6.56. The van der Waals surface area contributed by atoms with E-state index in [1.807, 2.05) is 0 Å². The van der Waals surface area contributed by atoms with Crippen LogP contribution in [0.1, 0.15) is 11.1 Å². The Kier molecular flexibility index (Phi) is 2.13. The molecular weight excluding hydrogens is 162 g/mol. The molecule has 1 aromatic rings. The first-order valence-corrected chi connectivity index (χ1v) is 3.37. The van der Waals surface area contributed by atoms with E-state index in [-0.39, 0.29) is 11.1 Å². The molecule has 0 aliphatic heterocycles. The number of aromatic hydroxyl groups is 1. The van der Waals surface area contributed by atoms with Gasteiger partial charge in [0.15, 0.2) is 11.6 Å². The second-order valence-corrected chi connectivity index (χ2v) is 2.48. The molecular formula is C9H8F2O. The molecule has 0 radical (unpaired) electrons. The smallest absolute Gasteiger partial charge is 0.168 e. The lowest BCUT2D eigenvalue weighted by molar-refractivity contribution is 0.430. The molecule has 1 rings (SSSR count). The fraction of sp³-hybridized carbons (Fsp3) is 0.111. The van der Waals surface area contributed by atoms with Crippen LogP contribution in [0, 0.1) is 12.7 Å². The van der Waals surface area contributed by atoms with Gasteiger partial charge in [-0.3, -0.25) is 0 Å². The van der Waals surface area contributed by atoms with Crippen LogP contribution in [0.25, 0.3) is 5.83 Å². The first-order valence-electron chi connectivity index (χ1n) is 3.37. The Labute approximate surface area is 69.0 Å². The van der Waals surface area contributed by atoms with Gasteiger partial charge in [0, 0.05) is 5.56 Å². The number of halogens is 2. The van der Waals surface area contributed by atoms with Gasteiger partial charge in [0.05, 0.1) is 0 Å². The molecule has 0 bridgehead atoms. The Morgan fingerprint density at radius 2 is 2.08 bits per heavy atom. The second-order valence-electron chi connectivity index (χ2n) is 2.48. The Morgan fingerprint density at radius 3 is 2.58 bits per heavy atom. The summed E-state index contributed by atoms with van der Waals surface area (Å²) >= 11 is 0. The van der Waals surface area contributed by atoms with Gasteiger partial charge in [0.2, 0.25) is 0 Å². The lowest BCUT2D eigenvalue weighted by atomic mass is 10.1. The van der Waals surface area contributed by atoms with Crippen LogP contribution in [0.2, 0.25) is 0 Å². The van der Waals surface area contributed by atoms with Gasteiger partial charge in [-0.05, 0) is 24.6 Å². The number of benzene rings is 1. The lowest BCUT2D eigenvalue weighted by Crippen LogP contribution is -1.89. The average molecular weight is 170 g/mol. The van der Waals surface area contributed by atoms with Crippen molar-refractivity contribution in [3.05, 3.63) is 35.7 Å². The van der Waals surface area contributed by atoms with E-state index in [1.165, 1.54) is 13.0 Å². The van der Waals surface area contributed by atoms with Crippen LogP contribution >= 0.6 is 0 Å². The molecule has 12 heavy (non-hydrogen) atoms. The number of phenolic OH excluding ortho intramolecular Hbond substituents is 1. The molecule has 1 N–H and O–H groups in total. The number of rotatable bonds is 1. The predicted molar refractivity (Wildman–Crippen MR) is 42.9 cm³/mol. The maximum Gasteiger partial charge on any atom is 0.168 e. The fourth-order valence-corrected chi connectivity index (χ4v) is 0.965. The SMILES string of the molecule is C=C(F)c1ccc(O)c(F)c1C. The largest absolute Gasteiger partial charge is 0.505 e. The van der Waals surface area contributed by atoms with Crippen LogP contribution in [-0.4, -0.2) is 5.11 Å². The quantitative estimate of drug-likeness (QED) is 0.687. The van der Waals surface area contributed by atoms with Crippen molar-refractivity contribution in [1.29, 1.82) is 0 Å². The van der Waals surface area contributed by atoms with E-state index in [2.05, 4.69) is 6.58 Å². The van der Waals surface area contributed by atoms with Gasteiger partial charge < -0.3 is 5.11 Å². The van der Waals surface area contributed by atoms with E-state index in [4.69, 9.17) is 5.11 Å². The van der Waals surface area contributed by atoms with Gasteiger partial charge in [0.25, 0.3) is 0 Å². The van der Waals surface area contributed by atoms with E-state index in [0.29, 0.717) is 0 Å². The number of hydrogen-bond donors (Lipinski definition) is 1. The number of hydrogen-bond acceptors (Lipinski definition) is 1. The summed E-state index contributed by atoms with van der Waals surface area (Å²) < 4.78 is 25.5. The van der Waals surface area contributed by atoms with Crippen molar-refractivity contribution in [2.45, 2.75) is 6.92 Å². The summed E-state index contributed by atoms with van der Waals surface area (Å²) in [6.45, 7) is 4.43. The van der Waals surface area contributed by atoms with E-state index in [0.717, 1.165) is 6.07 Å². The molecule has 1 aromatic carbocycles. The van der Waals surface area contributed by atoms with Crippen LogP contribution in [0.4, 0.5) is 8.78 Å². The van der Waals surface area contributed by atoms with E-state index in [9.17, 15) is 8.78 Å². The average Bonchev–Trinajstić information content (AvgIpc) is 2.00. The molecule has 0 amide bonds. The normalized spacial score (nSPS) is 9.92. The highest BCUT2D eigenvalue weighted by Gasteiger charge is 2.10. The Bertz CT molecular complexity index is 332. The minimum absolute atomic E-state index is 0.0718. The zero-order valence-corrected chi connectivity index (χ0v) is 6.56. The highest BCUT2D eigenvalue weighted by Crippen LogP contribution is 2.26. The second kappa shape index (κ2) is 2.93. The highest BCUT2D eigenvalue weighted by molar-refractivity contribution is 5.61. The topological polar surface area (TPSA) is 20.2 Å². The summed E-state index contributed by atoms with van der Waals surface area (Å²) in [5.74, 6) is -1.98. The number of phenols is 1. The fourth-order valence-electron chi connectivity index (χ4n) is 0.965. The maximum atomic E-state index is 12.9. The minimum Gasteiger partial charge on any atom is -0.505 e. The molecule has 0 saturated heterocycles. The van der Waals surface area contributed by atoms with Crippen molar-refractivity contribution >= 4 is 5.83 Å². The molecule has 0 saturated carbocycles. The van der Waals surface area contributed by atoms with Gasteiger partial charge in [-0.1, -0.05) is 6.58 Å². The molecule has 0 aromatic heterocycles. The van der Waals surface area contributed by atoms with Crippen LogP contribution in [0.15, 0.2) is 18.7 Å². The first kappa shape index (κ1) is 8.71. The lowest BCUT2D eigenvalue weighted by Gasteiger charge is -2.04. The van der Waals surface area contributed by atoms with Crippen LogP contribution in [0.5, 0.6) is 5.75 Å². The van der Waals surface area contributed by atoms with Gasteiger partial charge in [0.1, 0.15) is 5.83 Å². The third-order valence-corrected chi connectivity index (χ3v) is 1.66. The van der Waals surface area contributed by atoms with Crippen molar-refractivity contribution in [2.75, 3.05) is 0 Å². The standard InChI is InChI=1S/C9H8F2O/c1-5-7(6(2)10)3-4-8(12)9(5)11/h3-4,12H,2H2,1H3. The third-order valence-electron chi connectivity index (χ3n) is 1.66. The van der Waals surface area contributed by atoms with E-state index >= 15 is 0 Å². The molecule has 1 nitrogen and oxygen atoms in total. The monoisotopic (exact) mass is 170 g/mol. The Balaban J connectivity index is 3.36. The van der Waals surface area contributed by atoms with E-state index < -0.39 is 17.4 Å². The Hall–Kier alpha value is -1.38. The molecule has 0 fully saturated rings. The maximum absolute atomic E-state index is 12.9.